The van der Waals surface area contributed by atoms with Gasteiger partial charge in [0.25, 0.3) is 11.6 Å². The molecule has 2 aromatic carbocycles. The van der Waals surface area contributed by atoms with E-state index in [4.69, 9.17) is 4.42 Å². The predicted molar refractivity (Wildman–Crippen MR) is 117 cm³/mol. The molecule has 0 radical (unpaired) electrons. The van der Waals surface area contributed by atoms with E-state index in [0.717, 1.165) is 18.8 Å². The summed E-state index contributed by atoms with van der Waals surface area (Å²) in [5, 5.41) is 14.1. The topological polar surface area (TPSA) is 91.9 Å². The zero-order valence-electron chi connectivity index (χ0n) is 17.3. The average molecular weight is 438 g/mol. The van der Waals surface area contributed by atoms with E-state index in [0.29, 0.717) is 18.8 Å². The van der Waals surface area contributed by atoms with Gasteiger partial charge in [-0.1, -0.05) is 12.1 Å². The third kappa shape index (κ3) is 4.78. The molecule has 1 fully saturated rings. The van der Waals surface area contributed by atoms with Crippen molar-refractivity contribution in [2.45, 2.75) is 6.04 Å². The number of nitrogens with zero attached hydrogens (tertiary/aromatic N) is 3. The Morgan fingerprint density at radius 2 is 1.78 bits per heavy atom. The van der Waals surface area contributed by atoms with E-state index in [2.05, 4.69) is 15.1 Å². The van der Waals surface area contributed by atoms with Crippen LogP contribution in [-0.2, 0) is 0 Å². The first-order chi connectivity index (χ1) is 15.5. The van der Waals surface area contributed by atoms with Crippen molar-refractivity contribution in [1.82, 2.24) is 10.2 Å². The smallest absolute Gasteiger partial charge is 0.282 e. The lowest BCUT2D eigenvalue weighted by Crippen LogP contribution is -2.49. The molecule has 32 heavy (non-hydrogen) atoms. The molecular formula is C23H23FN4O4. The molecule has 0 aliphatic carbocycles. The lowest BCUT2D eigenvalue weighted by molar-refractivity contribution is -0.385. The Hall–Kier alpha value is -3.72. The number of anilines is 1. The van der Waals surface area contributed by atoms with Gasteiger partial charge in [-0.25, -0.2) is 4.39 Å². The van der Waals surface area contributed by atoms with Crippen molar-refractivity contribution in [2.24, 2.45) is 0 Å². The van der Waals surface area contributed by atoms with Crippen LogP contribution in [-0.4, -0.2) is 48.5 Å². The largest absolute Gasteiger partial charge is 0.468 e. The van der Waals surface area contributed by atoms with Crippen LogP contribution in [0.2, 0.25) is 0 Å². The molecule has 166 valence electrons. The molecule has 0 spiro atoms. The maximum atomic E-state index is 13.2. The molecule has 1 unspecified atom stereocenters. The van der Waals surface area contributed by atoms with Crippen LogP contribution >= 0.6 is 0 Å². The van der Waals surface area contributed by atoms with Crippen molar-refractivity contribution in [3.05, 3.63) is 94.2 Å². The fourth-order valence-electron chi connectivity index (χ4n) is 3.94. The van der Waals surface area contributed by atoms with Crippen molar-refractivity contribution in [3.8, 4) is 0 Å². The second kappa shape index (κ2) is 9.61. The van der Waals surface area contributed by atoms with Crippen molar-refractivity contribution in [3.63, 3.8) is 0 Å². The number of nitro benzene ring substituents is 1. The van der Waals surface area contributed by atoms with Crippen LogP contribution < -0.4 is 10.2 Å². The molecule has 3 aromatic rings. The lowest BCUT2D eigenvalue weighted by Gasteiger charge is -2.39. The van der Waals surface area contributed by atoms with E-state index in [-0.39, 0.29) is 29.7 Å². The predicted octanol–water partition coefficient (Wildman–Crippen LogP) is 3.62. The molecule has 1 saturated heterocycles. The van der Waals surface area contributed by atoms with Gasteiger partial charge < -0.3 is 14.6 Å². The van der Waals surface area contributed by atoms with Crippen LogP contribution in [0.4, 0.5) is 15.8 Å². The number of benzene rings is 2. The van der Waals surface area contributed by atoms with Crippen LogP contribution in [0, 0.1) is 15.9 Å². The van der Waals surface area contributed by atoms with E-state index in [1.54, 1.807) is 30.5 Å². The number of carbonyl (C=O) groups excluding carboxylic acids is 1. The summed E-state index contributed by atoms with van der Waals surface area (Å²) in [4.78, 5) is 27.8. The number of hydrogen-bond donors (Lipinski definition) is 1. The number of nitrogens with one attached hydrogen (secondary N) is 1. The van der Waals surface area contributed by atoms with Gasteiger partial charge in [0, 0.05) is 44.5 Å². The zero-order valence-corrected chi connectivity index (χ0v) is 17.3. The highest BCUT2D eigenvalue weighted by Gasteiger charge is 2.28. The number of nitro groups is 1. The molecule has 4 rings (SSSR count). The maximum absolute atomic E-state index is 13.2. The maximum Gasteiger partial charge on any atom is 0.282 e. The Labute approximate surface area is 184 Å². The molecule has 9 heteroatoms. The van der Waals surface area contributed by atoms with Crippen molar-refractivity contribution in [1.29, 1.82) is 0 Å². The molecule has 8 nitrogen and oxygen atoms in total. The van der Waals surface area contributed by atoms with Crippen LogP contribution in [0.3, 0.4) is 0 Å². The molecule has 1 aliphatic rings. The minimum Gasteiger partial charge on any atom is -0.468 e. The fraction of sp³-hybridized carbons (Fsp3) is 0.261. The van der Waals surface area contributed by atoms with Gasteiger partial charge in [-0.15, -0.1) is 0 Å². The quantitative estimate of drug-likeness (QED) is 0.448. The van der Waals surface area contributed by atoms with Crippen LogP contribution in [0.15, 0.2) is 71.3 Å². The van der Waals surface area contributed by atoms with Gasteiger partial charge in [-0.05, 0) is 42.5 Å². The normalized spacial score (nSPS) is 15.3. The number of furan rings is 1. The minimum atomic E-state index is -0.562. The Balaban J connectivity index is 1.43. The van der Waals surface area contributed by atoms with Gasteiger partial charge >= 0.3 is 0 Å². The van der Waals surface area contributed by atoms with Gasteiger partial charge in [0.05, 0.1) is 17.2 Å². The van der Waals surface area contributed by atoms with Crippen LogP contribution in [0.1, 0.15) is 22.2 Å². The highest BCUT2D eigenvalue weighted by molar-refractivity contribution is 5.98. The van der Waals surface area contributed by atoms with Crippen LogP contribution in [0.25, 0.3) is 0 Å². The van der Waals surface area contributed by atoms with Gasteiger partial charge in [0.2, 0.25) is 0 Å². The van der Waals surface area contributed by atoms with Crippen molar-refractivity contribution < 1.29 is 18.5 Å². The van der Waals surface area contributed by atoms with E-state index >= 15 is 0 Å². The van der Waals surface area contributed by atoms with Gasteiger partial charge in [-0.3, -0.25) is 19.8 Å². The van der Waals surface area contributed by atoms with E-state index < -0.39 is 10.8 Å². The molecule has 1 atom stereocenters. The Bertz CT molecular complexity index is 1060. The molecule has 1 N–H and O–H groups in total. The molecule has 0 bridgehead atoms. The number of halogens is 1. The summed E-state index contributed by atoms with van der Waals surface area (Å²) >= 11 is 0. The summed E-state index contributed by atoms with van der Waals surface area (Å²) in [6.45, 7) is 3.14. The molecule has 2 heterocycles. The minimum absolute atomic E-state index is 0.0248. The van der Waals surface area contributed by atoms with Crippen molar-refractivity contribution >= 4 is 17.3 Å². The molecule has 1 amide bonds. The van der Waals surface area contributed by atoms with Gasteiger partial charge in [0.1, 0.15) is 17.1 Å². The molecule has 1 aromatic heterocycles. The van der Waals surface area contributed by atoms with Gasteiger partial charge in [0.15, 0.2) is 0 Å². The SMILES string of the molecule is O=C(NCC(c1ccco1)N1CCN(c2ccc(F)cc2)CC1)c1ccccc1[N+](=O)[O-]. The standard InChI is InChI=1S/C23H23FN4O4/c24-17-7-9-18(10-8-17)26-11-13-27(14-12-26)21(22-6-3-15-32-22)16-25-23(29)19-4-1-2-5-20(19)28(30)31/h1-10,15,21H,11-14,16H2,(H,25,29). The molecular weight excluding hydrogens is 415 g/mol. The van der Waals surface area contributed by atoms with Crippen molar-refractivity contribution in [2.75, 3.05) is 37.6 Å². The summed E-state index contributed by atoms with van der Waals surface area (Å²) in [6, 6.07) is 15.7. The summed E-state index contributed by atoms with van der Waals surface area (Å²) < 4.78 is 18.8. The highest BCUT2D eigenvalue weighted by Crippen LogP contribution is 2.25. The monoisotopic (exact) mass is 438 g/mol. The van der Waals surface area contributed by atoms with E-state index in [1.165, 1.54) is 30.3 Å². The summed E-state index contributed by atoms with van der Waals surface area (Å²) in [5.74, 6) is -0.0541. The van der Waals surface area contributed by atoms with Gasteiger partial charge in [-0.2, -0.15) is 0 Å². The summed E-state index contributed by atoms with van der Waals surface area (Å²) in [7, 11) is 0. The van der Waals surface area contributed by atoms with E-state index in [1.807, 2.05) is 6.07 Å². The Morgan fingerprint density at radius 3 is 2.44 bits per heavy atom. The van der Waals surface area contributed by atoms with Crippen LogP contribution in [0.5, 0.6) is 0 Å². The number of rotatable bonds is 7. The lowest BCUT2D eigenvalue weighted by atomic mass is 10.1. The Morgan fingerprint density at radius 1 is 1.06 bits per heavy atom. The second-order valence-electron chi connectivity index (χ2n) is 7.51. The first-order valence-corrected chi connectivity index (χ1v) is 10.3. The molecule has 1 aliphatic heterocycles. The van der Waals surface area contributed by atoms with E-state index in [9.17, 15) is 19.3 Å². The first kappa shape index (κ1) is 21.5. The third-order valence-corrected chi connectivity index (χ3v) is 5.62. The number of piperazine rings is 1. The highest BCUT2D eigenvalue weighted by atomic mass is 19.1. The average Bonchev–Trinajstić information content (AvgIpc) is 3.35. The molecule has 0 saturated carbocycles. The zero-order chi connectivity index (χ0) is 22.5. The summed E-state index contributed by atoms with van der Waals surface area (Å²) in [6.07, 6.45) is 1.58. The third-order valence-electron chi connectivity index (χ3n) is 5.62. The Kier molecular flexibility index (Phi) is 6.46. The summed E-state index contributed by atoms with van der Waals surface area (Å²) in [5.41, 5.74) is 0.759. The fourth-order valence-corrected chi connectivity index (χ4v) is 3.94. The first-order valence-electron chi connectivity index (χ1n) is 10.3. The number of carbonyl (C=O) groups is 1. The number of amides is 1. The number of hydrogen-bond acceptors (Lipinski definition) is 6. The number of para-hydroxylation sites is 1. The second-order valence-corrected chi connectivity index (χ2v) is 7.51.